The van der Waals surface area contributed by atoms with E-state index in [2.05, 4.69) is 15.9 Å². The smallest absolute Gasteiger partial charge is 0.326 e. The Morgan fingerprint density at radius 3 is 2.73 bits per heavy atom. The highest BCUT2D eigenvalue weighted by Crippen LogP contribution is 2.25. The van der Waals surface area contributed by atoms with Crippen LogP contribution in [-0.2, 0) is 4.79 Å². The molecule has 1 fully saturated rings. The van der Waals surface area contributed by atoms with E-state index in [0.29, 0.717) is 18.5 Å². The minimum Gasteiger partial charge on any atom is -0.480 e. The zero-order chi connectivity index (χ0) is 11.0. The highest BCUT2D eigenvalue weighted by molar-refractivity contribution is 9.11. The van der Waals surface area contributed by atoms with Gasteiger partial charge in [0.1, 0.15) is 6.04 Å². The van der Waals surface area contributed by atoms with Crippen LogP contribution in [-0.4, -0.2) is 34.5 Å². The maximum Gasteiger partial charge on any atom is 0.326 e. The van der Waals surface area contributed by atoms with Crippen molar-refractivity contribution in [3.63, 3.8) is 0 Å². The number of aliphatic carboxylic acids is 1. The fourth-order valence-corrected chi connectivity index (χ4v) is 2.61. The van der Waals surface area contributed by atoms with Crippen LogP contribution in [0.4, 0.5) is 0 Å². The molecule has 0 saturated carbocycles. The molecule has 80 valence electrons. The molecule has 0 spiro atoms. The number of carbonyl (C=O) groups excluding carboxylic acids is 1. The second-order valence-electron chi connectivity index (χ2n) is 3.28. The third kappa shape index (κ3) is 1.91. The summed E-state index contributed by atoms with van der Waals surface area (Å²) in [6, 6.07) is 1.07. The maximum absolute atomic E-state index is 11.8. The lowest BCUT2D eigenvalue weighted by Crippen LogP contribution is -2.55. The van der Waals surface area contributed by atoms with Gasteiger partial charge in [0.05, 0.1) is 9.35 Å². The van der Waals surface area contributed by atoms with Gasteiger partial charge in [0.15, 0.2) is 0 Å². The lowest BCUT2D eigenvalue weighted by atomic mass is 10.0. The number of carboxylic acids is 1. The van der Waals surface area contributed by atoms with Crippen LogP contribution in [0.3, 0.4) is 0 Å². The first-order chi connectivity index (χ1) is 7.09. The molecule has 2 heterocycles. The number of thiophene rings is 1. The SMILES string of the molecule is O=C(O)C1CCN1C(=O)c1csc(Br)c1. The lowest BCUT2D eigenvalue weighted by molar-refractivity contribution is -0.146. The fourth-order valence-electron chi connectivity index (χ4n) is 1.48. The molecule has 1 aliphatic rings. The van der Waals surface area contributed by atoms with E-state index in [-0.39, 0.29) is 5.91 Å². The molecule has 0 bridgehead atoms. The van der Waals surface area contributed by atoms with Crippen LogP contribution in [0.1, 0.15) is 16.8 Å². The first kappa shape index (κ1) is 10.6. The van der Waals surface area contributed by atoms with E-state index in [4.69, 9.17) is 5.11 Å². The zero-order valence-electron chi connectivity index (χ0n) is 7.64. The summed E-state index contributed by atoms with van der Waals surface area (Å²) in [6.45, 7) is 0.531. The molecule has 1 atom stereocenters. The van der Waals surface area contributed by atoms with Crippen LogP contribution in [0.15, 0.2) is 15.2 Å². The highest BCUT2D eigenvalue weighted by atomic mass is 79.9. The third-order valence-corrected chi connectivity index (χ3v) is 3.88. The maximum atomic E-state index is 11.8. The summed E-state index contributed by atoms with van der Waals surface area (Å²) in [5.41, 5.74) is 0.554. The van der Waals surface area contributed by atoms with Gasteiger partial charge >= 0.3 is 5.97 Å². The normalized spacial score (nSPS) is 19.8. The number of halogens is 1. The molecule has 0 aliphatic carbocycles. The summed E-state index contributed by atoms with van der Waals surface area (Å²) in [7, 11) is 0. The molecule has 1 saturated heterocycles. The van der Waals surface area contributed by atoms with Crippen molar-refractivity contribution in [3.05, 3.63) is 20.8 Å². The van der Waals surface area contributed by atoms with Crippen LogP contribution >= 0.6 is 27.3 Å². The van der Waals surface area contributed by atoms with E-state index in [9.17, 15) is 9.59 Å². The summed E-state index contributed by atoms with van der Waals surface area (Å²) >= 11 is 4.68. The Balaban J connectivity index is 2.12. The molecule has 15 heavy (non-hydrogen) atoms. The second kappa shape index (κ2) is 3.94. The molecule has 1 N–H and O–H groups in total. The molecular formula is C9H8BrNO3S. The predicted molar refractivity (Wildman–Crippen MR) is 59.1 cm³/mol. The Kier molecular flexibility index (Phi) is 2.79. The first-order valence-corrected chi connectivity index (χ1v) is 6.04. The van der Waals surface area contributed by atoms with Gasteiger partial charge in [-0.15, -0.1) is 11.3 Å². The molecule has 1 amide bonds. The van der Waals surface area contributed by atoms with Crippen LogP contribution in [0.5, 0.6) is 0 Å². The second-order valence-corrected chi connectivity index (χ2v) is 5.57. The Morgan fingerprint density at radius 1 is 1.60 bits per heavy atom. The molecule has 0 aromatic carbocycles. The van der Waals surface area contributed by atoms with Crippen molar-refractivity contribution >= 4 is 39.1 Å². The summed E-state index contributed by atoms with van der Waals surface area (Å²) in [5, 5.41) is 10.5. The number of likely N-dealkylation sites (tertiary alicyclic amines) is 1. The van der Waals surface area contributed by atoms with Gasteiger partial charge in [-0.1, -0.05) is 0 Å². The quantitative estimate of drug-likeness (QED) is 0.903. The molecule has 1 aliphatic heterocycles. The molecule has 2 rings (SSSR count). The minimum atomic E-state index is -0.927. The van der Waals surface area contributed by atoms with Gasteiger partial charge in [0.25, 0.3) is 5.91 Å². The van der Waals surface area contributed by atoms with E-state index < -0.39 is 12.0 Å². The van der Waals surface area contributed by atoms with Gasteiger partial charge in [0.2, 0.25) is 0 Å². The van der Waals surface area contributed by atoms with Gasteiger partial charge in [-0.2, -0.15) is 0 Å². The van der Waals surface area contributed by atoms with E-state index in [1.165, 1.54) is 16.2 Å². The lowest BCUT2D eigenvalue weighted by Gasteiger charge is -2.37. The number of hydrogen-bond donors (Lipinski definition) is 1. The van der Waals surface area contributed by atoms with E-state index in [1.807, 2.05) is 0 Å². The summed E-state index contributed by atoms with van der Waals surface area (Å²) in [6.07, 6.45) is 0.548. The standard InChI is InChI=1S/C9H8BrNO3S/c10-7-3-5(4-15-7)8(12)11-2-1-6(11)9(13)14/h3-4,6H,1-2H2,(H,13,14). The molecule has 1 aromatic heterocycles. The fraction of sp³-hybridized carbons (Fsp3) is 0.333. The third-order valence-electron chi connectivity index (χ3n) is 2.38. The van der Waals surface area contributed by atoms with Crippen molar-refractivity contribution in [2.75, 3.05) is 6.54 Å². The van der Waals surface area contributed by atoms with Gasteiger partial charge < -0.3 is 10.0 Å². The number of carboxylic acid groups (broad SMARTS) is 1. The van der Waals surface area contributed by atoms with Crippen molar-refractivity contribution in [3.8, 4) is 0 Å². The Hall–Kier alpha value is -0.880. The molecule has 0 radical (unpaired) electrons. The summed E-state index contributed by atoms with van der Waals surface area (Å²) in [4.78, 5) is 23.9. The molecule has 4 nitrogen and oxygen atoms in total. The topological polar surface area (TPSA) is 57.6 Å². The Morgan fingerprint density at radius 2 is 2.33 bits per heavy atom. The van der Waals surface area contributed by atoms with Crippen molar-refractivity contribution in [2.45, 2.75) is 12.5 Å². The minimum absolute atomic E-state index is 0.199. The molecule has 1 unspecified atom stereocenters. The average Bonchev–Trinajstić information content (AvgIpc) is 2.48. The van der Waals surface area contributed by atoms with E-state index in [0.717, 1.165) is 3.79 Å². The highest BCUT2D eigenvalue weighted by Gasteiger charge is 2.38. The van der Waals surface area contributed by atoms with Gasteiger partial charge in [0, 0.05) is 11.9 Å². The van der Waals surface area contributed by atoms with Gasteiger partial charge in [-0.05, 0) is 28.4 Å². The number of nitrogens with zero attached hydrogens (tertiary/aromatic N) is 1. The van der Waals surface area contributed by atoms with Gasteiger partial charge in [-0.3, -0.25) is 4.79 Å². The van der Waals surface area contributed by atoms with Crippen LogP contribution < -0.4 is 0 Å². The van der Waals surface area contributed by atoms with Crippen molar-refractivity contribution in [1.29, 1.82) is 0 Å². The number of rotatable bonds is 2. The van der Waals surface area contributed by atoms with Crippen LogP contribution in [0.2, 0.25) is 0 Å². The summed E-state index contributed by atoms with van der Waals surface area (Å²) < 4.78 is 0.873. The average molecular weight is 290 g/mol. The van der Waals surface area contributed by atoms with Crippen LogP contribution in [0, 0.1) is 0 Å². The van der Waals surface area contributed by atoms with Gasteiger partial charge in [-0.25, -0.2) is 4.79 Å². The molecule has 6 heteroatoms. The van der Waals surface area contributed by atoms with Crippen LogP contribution in [0.25, 0.3) is 0 Å². The predicted octanol–water partition coefficient (Wildman–Crippen LogP) is 1.81. The first-order valence-electron chi connectivity index (χ1n) is 4.37. The van der Waals surface area contributed by atoms with Crippen molar-refractivity contribution in [2.24, 2.45) is 0 Å². The molecule has 1 aromatic rings. The Labute approximate surface area is 98.6 Å². The molecular weight excluding hydrogens is 282 g/mol. The zero-order valence-corrected chi connectivity index (χ0v) is 10.0. The summed E-state index contributed by atoms with van der Waals surface area (Å²) in [5.74, 6) is -1.13. The van der Waals surface area contributed by atoms with E-state index >= 15 is 0 Å². The Bertz CT molecular complexity index is 417. The van der Waals surface area contributed by atoms with Crippen molar-refractivity contribution in [1.82, 2.24) is 4.90 Å². The number of carbonyl (C=O) groups is 2. The number of amides is 1. The van der Waals surface area contributed by atoms with E-state index in [1.54, 1.807) is 11.4 Å². The number of hydrogen-bond acceptors (Lipinski definition) is 3. The van der Waals surface area contributed by atoms with Crippen molar-refractivity contribution < 1.29 is 14.7 Å². The largest absolute Gasteiger partial charge is 0.480 e. The monoisotopic (exact) mass is 289 g/mol.